The van der Waals surface area contributed by atoms with Gasteiger partial charge in [0.05, 0.1) is 11.3 Å². The summed E-state index contributed by atoms with van der Waals surface area (Å²) in [5.41, 5.74) is 8.13. The number of sulfonamides is 1. The molecule has 0 saturated carbocycles. The van der Waals surface area contributed by atoms with Crippen LogP contribution in [0.2, 0.25) is 0 Å². The molecule has 1 atom stereocenters. The Balaban J connectivity index is 1.88. The number of hydrogen-bond donors (Lipinski definition) is 4. The van der Waals surface area contributed by atoms with Gasteiger partial charge in [0.1, 0.15) is 17.5 Å². The zero-order valence-corrected chi connectivity index (χ0v) is 14.8. The molecule has 0 spiro atoms. The molecule has 0 bridgehead atoms. The van der Waals surface area contributed by atoms with Gasteiger partial charge in [-0.05, 0) is 23.3 Å². The van der Waals surface area contributed by atoms with Crippen molar-refractivity contribution in [3.8, 4) is 11.5 Å². The molecule has 0 aromatic heterocycles. The summed E-state index contributed by atoms with van der Waals surface area (Å²) in [4.78, 5) is 22.5. The van der Waals surface area contributed by atoms with Gasteiger partial charge < -0.3 is 10.5 Å². The zero-order valence-electron chi connectivity index (χ0n) is 14.0. The molecule has 9 nitrogen and oxygen atoms in total. The van der Waals surface area contributed by atoms with Crippen LogP contribution in [0, 0.1) is 0 Å². The van der Waals surface area contributed by atoms with Crippen LogP contribution >= 0.6 is 0 Å². The summed E-state index contributed by atoms with van der Waals surface area (Å²) in [7, 11) is -4.18. The number of ether oxygens (including phenoxy) is 1. The molecular weight excluding hydrogens is 374 g/mol. The van der Waals surface area contributed by atoms with E-state index in [2.05, 4.69) is 4.72 Å². The Morgan fingerprint density at radius 2 is 1.85 bits per heavy atom. The standard InChI is InChI=1S/C17H17N3O6S/c18-16(21)9-13(17(22)19-23)20-27(24,25)12-6-5-11-7-10-3-1-2-4-14(10)26-15(11)8-12/h1-6,8,13,20,23H,7,9H2,(H2,18,21)(H,19,22)/t13-/m1/s1. The Bertz CT molecular complexity index is 1010. The highest BCUT2D eigenvalue weighted by Gasteiger charge is 2.28. The SMILES string of the molecule is NC(=O)C[C@@H](NS(=O)(=O)c1ccc2c(c1)Oc1ccccc1C2)C(=O)NO. The molecule has 0 unspecified atom stereocenters. The van der Waals surface area contributed by atoms with E-state index in [0.29, 0.717) is 17.9 Å². The van der Waals surface area contributed by atoms with E-state index in [1.807, 2.05) is 18.2 Å². The largest absolute Gasteiger partial charge is 0.457 e. The summed E-state index contributed by atoms with van der Waals surface area (Å²) >= 11 is 0. The van der Waals surface area contributed by atoms with Crippen LogP contribution in [0.5, 0.6) is 11.5 Å². The number of carbonyl (C=O) groups is 2. The number of fused-ring (bicyclic) bond motifs is 2. The number of nitrogens with two attached hydrogens (primary N) is 1. The molecule has 10 heteroatoms. The number of rotatable bonds is 6. The molecule has 2 aromatic carbocycles. The summed E-state index contributed by atoms with van der Waals surface area (Å²) in [6, 6.07) is 10.2. The van der Waals surface area contributed by atoms with Gasteiger partial charge in [-0.2, -0.15) is 4.72 Å². The van der Waals surface area contributed by atoms with Crippen molar-refractivity contribution in [2.45, 2.75) is 23.8 Å². The van der Waals surface area contributed by atoms with Crippen molar-refractivity contribution in [1.82, 2.24) is 10.2 Å². The minimum absolute atomic E-state index is 0.152. The number of hydrogen-bond acceptors (Lipinski definition) is 6. The third-order valence-electron chi connectivity index (χ3n) is 4.05. The van der Waals surface area contributed by atoms with Crippen LogP contribution in [0.25, 0.3) is 0 Å². The van der Waals surface area contributed by atoms with Crippen LogP contribution in [0.3, 0.4) is 0 Å². The summed E-state index contributed by atoms with van der Waals surface area (Å²) in [6.45, 7) is 0. The molecule has 1 aliphatic heterocycles. The average Bonchev–Trinajstić information content (AvgIpc) is 2.64. The first kappa shape index (κ1) is 18.8. The van der Waals surface area contributed by atoms with Gasteiger partial charge in [-0.3, -0.25) is 14.8 Å². The van der Waals surface area contributed by atoms with Gasteiger partial charge in [0, 0.05) is 12.5 Å². The van der Waals surface area contributed by atoms with Gasteiger partial charge in [0.25, 0.3) is 5.91 Å². The van der Waals surface area contributed by atoms with E-state index in [0.717, 1.165) is 11.1 Å². The lowest BCUT2D eigenvalue weighted by Crippen LogP contribution is -2.47. The number of hydroxylamine groups is 1. The Kier molecular flexibility index (Phi) is 5.13. The second-order valence-electron chi connectivity index (χ2n) is 5.98. The highest BCUT2D eigenvalue weighted by molar-refractivity contribution is 7.89. The monoisotopic (exact) mass is 391 g/mol. The van der Waals surface area contributed by atoms with Crippen molar-refractivity contribution in [3.05, 3.63) is 53.6 Å². The molecule has 0 aliphatic carbocycles. The zero-order chi connectivity index (χ0) is 19.6. The number of amides is 2. The lowest BCUT2D eigenvalue weighted by molar-refractivity contribution is -0.133. The molecule has 5 N–H and O–H groups in total. The van der Waals surface area contributed by atoms with Crippen molar-refractivity contribution in [2.24, 2.45) is 5.73 Å². The fourth-order valence-electron chi connectivity index (χ4n) is 2.74. The van der Waals surface area contributed by atoms with E-state index in [9.17, 15) is 18.0 Å². The van der Waals surface area contributed by atoms with Crippen molar-refractivity contribution in [1.29, 1.82) is 0 Å². The van der Waals surface area contributed by atoms with Gasteiger partial charge in [-0.1, -0.05) is 24.3 Å². The lowest BCUT2D eigenvalue weighted by atomic mass is 10.0. The molecule has 3 rings (SSSR count). The molecule has 0 saturated heterocycles. The van der Waals surface area contributed by atoms with Gasteiger partial charge >= 0.3 is 0 Å². The molecule has 0 fully saturated rings. The summed E-state index contributed by atoms with van der Waals surface area (Å²) in [5.74, 6) is -0.981. The fraction of sp³-hybridized carbons (Fsp3) is 0.176. The van der Waals surface area contributed by atoms with Gasteiger partial charge in [0.2, 0.25) is 15.9 Å². The summed E-state index contributed by atoms with van der Waals surface area (Å²) in [5, 5.41) is 8.73. The summed E-state index contributed by atoms with van der Waals surface area (Å²) in [6.07, 6.45) is -0.0169. The highest BCUT2D eigenvalue weighted by atomic mass is 32.2. The van der Waals surface area contributed by atoms with E-state index < -0.39 is 34.3 Å². The van der Waals surface area contributed by atoms with Crippen LogP contribution in [0.15, 0.2) is 47.4 Å². The average molecular weight is 391 g/mol. The minimum atomic E-state index is -4.18. The van der Waals surface area contributed by atoms with E-state index in [-0.39, 0.29) is 4.90 Å². The smallest absolute Gasteiger partial charge is 0.262 e. The lowest BCUT2D eigenvalue weighted by Gasteiger charge is -2.21. The van der Waals surface area contributed by atoms with Crippen LogP contribution in [0.4, 0.5) is 0 Å². The van der Waals surface area contributed by atoms with Gasteiger partial charge in [0.15, 0.2) is 0 Å². The van der Waals surface area contributed by atoms with Crippen LogP contribution in [0.1, 0.15) is 17.5 Å². The first-order chi connectivity index (χ1) is 12.8. The maximum atomic E-state index is 12.6. The predicted molar refractivity (Wildman–Crippen MR) is 93.6 cm³/mol. The molecule has 1 heterocycles. The van der Waals surface area contributed by atoms with Crippen LogP contribution in [-0.2, 0) is 26.0 Å². The third kappa shape index (κ3) is 4.08. The second kappa shape index (κ2) is 7.35. The van der Waals surface area contributed by atoms with Crippen molar-refractivity contribution in [3.63, 3.8) is 0 Å². The van der Waals surface area contributed by atoms with E-state index in [4.69, 9.17) is 15.7 Å². The molecule has 2 aromatic rings. The maximum Gasteiger partial charge on any atom is 0.262 e. The minimum Gasteiger partial charge on any atom is -0.457 e. The van der Waals surface area contributed by atoms with Crippen LogP contribution in [-0.4, -0.2) is 31.5 Å². The van der Waals surface area contributed by atoms with Crippen molar-refractivity contribution in [2.75, 3.05) is 0 Å². The number of para-hydroxylation sites is 1. The van der Waals surface area contributed by atoms with Crippen molar-refractivity contribution < 1.29 is 28.0 Å². The molecule has 27 heavy (non-hydrogen) atoms. The normalized spacial score (nSPS) is 13.7. The third-order valence-corrected chi connectivity index (χ3v) is 5.52. The Morgan fingerprint density at radius 1 is 1.15 bits per heavy atom. The number of nitrogens with one attached hydrogen (secondary N) is 2. The summed E-state index contributed by atoms with van der Waals surface area (Å²) < 4.78 is 33.0. The van der Waals surface area contributed by atoms with Crippen LogP contribution < -0.4 is 20.7 Å². The molecular formula is C17H17N3O6S. The first-order valence-corrected chi connectivity index (χ1v) is 9.42. The molecule has 0 radical (unpaired) electrons. The molecule has 142 valence electrons. The van der Waals surface area contributed by atoms with Gasteiger partial charge in [-0.15, -0.1) is 0 Å². The highest BCUT2D eigenvalue weighted by Crippen LogP contribution is 2.37. The number of carbonyl (C=O) groups excluding carboxylic acids is 2. The molecule has 1 aliphatic rings. The first-order valence-electron chi connectivity index (χ1n) is 7.93. The Hall–Kier alpha value is -2.95. The van der Waals surface area contributed by atoms with E-state index >= 15 is 0 Å². The molecule has 2 amide bonds. The van der Waals surface area contributed by atoms with Crippen molar-refractivity contribution >= 4 is 21.8 Å². The fourth-order valence-corrected chi connectivity index (χ4v) is 3.95. The van der Waals surface area contributed by atoms with E-state index in [1.165, 1.54) is 17.6 Å². The Morgan fingerprint density at radius 3 is 2.56 bits per heavy atom. The number of primary amides is 1. The van der Waals surface area contributed by atoms with E-state index in [1.54, 1.807) is 12.1 Å². The maximum absolute atomic E-state index is 12.6. The van der Waals surface area contributed by atoms with Gasteiger partial charge in [-0.25, -0.2) is 13.9 Å². The predicted octanol–water partition coefficient (Wildman–Crippen LogP) is 0.411. The second-order valence-corrected chi connectivity index (χ2v) is 7.69. The number of benzene rings is 2. The topological polar surface area (TPSA) is 148 Å². The quantitative estimate of drug-likeness (QED) is 0.353. The Labute approximate surface area is 155 Å².